The van der Waals surface area contributed by atoms with E-state index < -0.39 is 97.5 Å². The Labute approximate surface area is 486 Å². The summed E-state index contributed by atoms with van der Waals surface area (Å²) in [6, 6.07) is 0. The molecule has 474 valence electrons. The van der Waals surface area contributed by atoms with Crippen LogP contribution >= 0.6 is 15.6 Å². The topological polar surface area (TPSA) is 237 Å². The molecule has 0 aromatic heterocycles. The van der Waals surface area contributed by atoms with Gasteiger partial charge in [0.2, 0.25) is 0 Å². The second-order valence-electron chi connectivity index (χ2n) is 22.8. The lowest BCUT2D eigenvalue weighted by Gasteiger charge is -2.21. The van der Waals surface area contributed by atoms with Crippen LogP contribution in [0.3, 0.4) is 0 Å². The molecule has 0 aliphatic carbocycles. The number of phosphoric ester groups is 2. The number of carbonyl (C=O) groups excluding carboxylic acids is 4. The highest BCUT2D eigenvalue weighted by Crippen LogP contribution is 2.45. The molecule has 0 aliphatic heterocycles. The van der Waals surface area contributed by atoms with Crippen molar-refractivity contribution in [3.8, 4) is 0 Å². The van der Waals surface area contributed by atoms with Crippen LogP contribution in [0, 0.1) is 11.8 Å². The fourth-order valence-electron chi connectivity index (χ4n) is 8.97. The molecule has 0 aromatic carbocycles. The first-order valence-corrected chi connectivity index (χ1v) is 35.0. The molecular formula is C61H118O17P2. The van der Waals surface area contributed by atoms with Crippen molar-refractivity contribution in [1.29, 1.82) is 0 Å². The Morgan fingerprint density at radius 3 is 0.950 bits per heavy atom. The van der Waals surface area contributed by atoms with Crippen LogP contribution in [0.15, 0.2) is 0 Å². The molecule has 0 saturated heterocycles. The average molecular weight is 1190 g/mol. The van der Waals surface area contributed by atoms with E-state index in [1.54, 1.807) is 0 Å². The number of aliphatic hydroxyl groups is 1. The van der Waals surface area contributed by atoms with Crippen LogP contribution in [0.4, 0.5) is 0 Å². The first-order chi connectivity index (χ1) is 38.4. The third-order valence-electron chi connectivity index (χ3n) is 14.3. The van der Waals surface area contributed by atoms with Crippen LogP contribution < -0.4 is 0 Å². The number of aliphatic hydroxyl groups excluding tert-OH is 1. The molecule has 0 saturated carbocycles. The predicted molar refractivity (Wildman–Crippen MR) is 317 cm³/mol. The molecule has 0 fully saturated rings. The summed E-state index contributed by atoms with van der Waals surface area (Å²) in [5, 5.41) is 10.5. The lowest BCUT2D eigenvalue weighted by atomic mass is 9.99. The second kappa shape index (κ2) is 53.8. The minimum absolute atomic E-state index is 0.104. The Morgan fingerprint density at radius 1 is 0.362 bits per heavy atom. The van der Waals surface area contributed by atoms with E-state index in [2.05, 4.69) is 41.5 Å². The van der Waals surface area contributed by atoms with E-state index in [1.165, 1.54) is 103 Å². The van der Waals surface area contributed by atoms with Gasteiger partial charge in [-0.15, -0.1) is 0 Å². The van der Waals surface area contributed by atoms with E-state index in [0.717, 1.165) is 109 Å². The quantitative estimate of drug-likeness (QED) is 0.0222. The van der Waals surface area contributed by atoms with Crippen LogP contribution in [-0.2, 0) is 65.4 Å². The predicted octanol–water partition coefficient (Wildman–Crippen LogP) is 16.5. The fourth-order valence-corrected chi connectivity index (χ4v) is 10.5. The maximum absolute atomic E-state index is 12.9. The molecule has 0 amide bonds. The molecule has 0 aliphatic rings. The Morgan fingerprint density at radius 2 is 0.637 bits per heavy atom. The van der Waals surface area contributed by atoms with Gasteiger partial charge in [0.1, 0.15) is 19.3 Å². The minimum Gasteiger partial charge on any atom is -0.462 e. The normalized spacial score (nSPS) is 14.7. The lowest BCUT2D eigenvalue weighted by molar-refractivity contribution is -0.161. The van der Waals surface area contributed by atoms with Crippen molar-refractivity contribution in [3.05, 3.63) is 0 Å². The zero-order valence-corrected chi connectivity index (χ0v) is 53.2. The number of rotatable bonds is 60. The van der Waals surface area contributed by atoms with Crippen molar-refractivity contribution in [2.24, 2.45) is 11.8 Å². The molecule has 19 heteroatoms. The molecule has 0 aromatic rings. The van der Waals surface area contributed by atoms with E-state index in [0.29, 0.717) is 31.6 Å². The van der Waals surface area contributed by atoms with Gasteiger partial charge in [-0.1, -0.05) is 247 Å². The smallest absolute Gasteiger partial charge is 0.462 e. The number of unbranched alkanes of at least 4 members (excludes halogenated alkanes) is 29. The zero-order valence-electron chi connectivity index (χ0n) is 51.4. The first kappa shape index (κ1) is 78.1. The molecule has 0 rings (SSSR count). The molecule has 3 unspecified atom stereocenters. The average Bonchev–Trinajstić information content (AvgIpc) is 3.42. The number of carbonyl (C=O) groups is 4. The number of hydrogen-bond donors (Lipinski definition) is 3. The van der Waals surface area contributed by atoms with Crippen LogP contribution in [0.1, 0.15) is 298 Å². The SMILES string of the molecule is CCCCCCCCCCCCC(=O)O[C@H](COC(=O)CCCCCCCCCC)COP(=O)(O)OC[C@H](O)COP(=O)(O)OC[C@@H](COC(=O)CCCCCCCCCC(C)C)OC(=O)CCCCCCCCCCC(C)CC. The Kier molecular flexibility index (Phi) is 52.5. The van der Waals surface area contributed by atoms with Crippen molar-refractivity contribution in [1.82, 2.24) is 0 Å². The van der Waals surface area contributed by atoms with Gasteiger partial charge >= 0.3 is 39.5 Å². The number of hydrogen-bond acceptors (Lipinski definition) is 15. The maximum Gasteiger partial charge on any atom is 0.472 e. The molecule has 6 atom stereocenters. The fraction of sp³-hybridized carbons (Fsp3) is 0.934. The summed E-state index contributed by atoms with van der Waals surface area (Å²) in [6.07, 6.45) is 34.8. The first-order valence-electron chi connectivity index (χ1n) is 32.0. The van der Waals surface area contributed by atoms with Crippen molar-refractivity contribution in [2.45, 2.75) is 317 Å². The van der Waals surface area contributed by atoms with Crippen LogP contribution in [0.25, 0.3) is 0 Å². The maximum atomic E-state index is 12.9. The summed E-state index contributed by atoms with van der Waals surface area (Å²) >= 11 is 0. The van der Waals surface area contributed by atoms with Gasteiger partial charge in [-0.3, -0.25) is 37.3 Å². The van der Waals surface area contributed by atoms with Crippen LogP contribution in [0.2, 0.25) is 0 Å². The Balaban J connectivity index is 5.24. The summed E-state index contributed by atoms with van der Waals surface area (Å²) in [5.41, 5.74) is 0. The molecular weight excluding hydrogens is 1070 g/mol. The third kappa shape index (κ3) is 54.0. The van der Waals surface area contributed by atoms with Gasteiger partial charge < -0.3 is 33.8 Å². The molecule has 0 spiro atoms. The monoisotopic (exact) mass is 1180 g/mol. The summed E-state index contributed by atoms with van der Waals surface area (Å²) in [6.45, 7) is 9.38. The van der Waals surface area contributed by atoms with E-state index in [1.807, 2.05) is 0 Å². The molecule has 0 heterocycles. The van der Waals surface area contributed by atoms with Gasteiger partial charge in [-0.05, 0) is 37.5 Å². The van der Waals surface area contributed by atoms with E-state index in [-0.39, 0.29) is 25.7 Å². The van der Waals surface area contributed by atoms with E-state index in [9.17, 15) is 43.2 Å². The van der Waals surface area contributed by atoms with Crippen molar-refractivity contribution >= 4 is 39.5 Å². The van der Waals surface area contributed by atoms with Gasteiger partial charge in [0.15, 0.2) is 12.2 Å². The van der Waals surface area contributed by atoms with Gasteiger partial charge in [-0.25, -0.2) is 9.13 Å². The van der Waals surface area contributed by atoms with Crippen molar-refractivity contribution in [2.75, 3.05) is 39.6 Å². The third-order valence-corrected chi connectivity index (χ3v) is 16.2. The van der Waals surface area contributed by atoms with Crippen molar-refractivity contribution in [3.63, 3.8) is 0 Å². The molecule has 3 N–H and O–H groups in total. The van der Waals surface area contributed by atoms with E-state index >= 15 is 0 Å². The number of phosphoric acid groups is 2. The molecule has 0 radical (unpaired) electrons. The van der Waals surface area contributed by atoms with E-state index in [4.69, 9.17) is 37.0 Å². The summed E-state index contributed by atoms with van der Waals surface area (Å²) < 4.78 is 67.8. The molecule has 0 bridgehead atoms. The zero-order chi connectivity index (χ0) is 59.4. The highest BCUT2D eigenvalue weighted by molar-refractivity contribution is 7.47. The summed E-state index contributed by atoms with van der Waals surface area (Å²) in [4.78, 5) is 72.0. The lowest BCUT2D eigenvalue weighted by Crippen LogP contribution is -2.30. The largest absolute Gasteiger partial charge is 0.472 e. The standard InChI is InChI=1S/C61H118O17P2/c1-7-10-12-14-16-18-19-26-33-39-45-60(65)77-56(49-71-58(63)43-37-31-25-17-15-13-11-8-2)51-75-79(67,68)73-47-55(62)48-74-80(69,70)76-52-57(50-72-59(64)44-38-32-28-22-23-29-35-41-53(4)5)78-61(66)46-40-34-27-21-20-24-30-36-42-54(6)9-3/h53-57,62H,7-52H2,1-6H3,(H,67,68)(H,69,70)/t54?,55-,56+,57+/m0/s1. The highest BCUT2D eigenvalue weighted by atomic mass is 31.2. The summed E-state index contributed by atoms with van der Waals surface area (Å²) in [7, 11) is -9.88. The Hall–Kier alpha value is -1.94. The van der Waals surface area contributed by atoms with Crippen LogP contribution in [0.5, 0.6) is 0 Å². The number of esters is 4. The van der Waals surface area contributed by atoms with Gasteiger partial charge in [-0.2, -0.15) is 0 Å². The highest BCUT2D eigenvalue weighted by Gasteiger charge is 2.30. The van der Waals surface area contributed by atoms with Crippen LogP contribution in [-0.4, -0.2) is 96.7 Å². The minimum atomic E-state index is -4.94. The van der Waals surface area contributed by atoms with Gasteiger partial charge in [0, 0.05) is 25.7 Å². The molecule has 80 heavy (non-hydrogen) atoms. The van der Waals surface area contributed by atoms with Crippen molar-refractivity contribution < 1.29 is 80.2 Å². The van der Waals surface area contributed by atoms with Gasteiger partial charge in [0.25, 0.3) is 0 Å². The second-order valence-corrected chi connectivity index (χ2v) is 25.7. The van der Waals surface area contributed by atoms with Gasteiger partial charge in [0.05, 0.1) is 26.4 Å². The summed E-state index contributed by atoms with van der Waals surface area (Å²) in [5.74, 6) is -0.668. The molecule has 17 nitrogen and oxygen atoms in total. The Bertz CT molecular complexity index is 1580. The number of ether oxygens (including phenoxy) is 4.